The Kier molecular flexibility index (Phi) is 4.42. The maximum absolute atomic E-state index is 11.5. The van der Waals surface area contributed by atoms with Gasteiger partial charge < -0.3 is 15.4 Å². The highest BCUT2D eigenvalue weighted by molar-refractivity contribution is 5.91. The van der Waals surface area contributed by atoms with E-state index in [0.717, 1.165) is 17.1 Å². The highest BCUT2D eigenvalue weighted by Gasteiger charge is 2.11. The zero-order valence-corrected chi connectivity index (χ0v) is 12.5. The van der Waals surface area contributed by atoms with Crippen LogP contribution in [-0.4, -0.2) is 25.1 Å². The van der Waals surface area contributed by atoms with Gasteiger partial charge in [-0.1, -0.05) is 6.07 Å². The lowest BCUT2D eigenvalue weighted by Crippen LogP contribution is -2.19. The molecular weight excluding hydrogens is 266 g/mol. The molecule has 21 heavy (non-hydrogen) atoms. The first-order chi connectivity index (χ1) is 10.0. The number of benzene rings is 1. The minimum absolute atomic E-state index is 0.392. The van der Waals surface area contributed by atoms with E-state index in [2.05, 4.69) is 9.72 Å². The molecule has 0 saturated heterocycles. The molecule has 0 bridgehead atoms. The summed E-state index contributed by atoms with van der Waals surface area (Å²) in [5.41, 5.74) is 9.81. The minimum Gasteiger partial charge on any atom is -0.465 e. The number of aryl methyl sites for hydroxylation is 1. The summed E-state index contributed by atoms with van der Waals surface area (Å²) < 4.78 is 4.68. The molecular formula is C16H19N3O2. The van der Waals surface area contributed by atoms with Gasteiger partial charge in [0.25, 0.3) is 0 Å². The summed E-state index contributed by atoms with van der Waals surface area (Å²) >= 11 is 0. The zero-order valence-electron chi connectivity index (χ0n) is 12.5. The van der Waals surface area contributed by atoms with Crippen molar-refractivity contribution in [2.75, 3.05) is 24.8 Å². The monoisotopic (exact) mass is 285 g/mol. The lowest BCUT2D eigenvalue weighted by Gasteiger charge is -2.21. The van der Waals surface area contributed by atoms with E-state index in [0.29, 0.717) is 17.8 Å². The van der Waals surface area contributed by atoms with Crippen LogP contribution < -0.4 is 10.6 Å². The number of hydrogen-bond donors (Lipinski definition) is 1. The standard InChI is InChI=1S/C16H19N3O2/c1-11-5-4-6-13(18-11)10-19(2)15-8-7-12(9-14(15)17)16(20)21-3/h4-9H,10,17H2,1-3H3. The van der Waals surface area contributed by atoms with E-state index in [1.54, 1.807) is 12.1 Å². The van der Waals surface area contributed by atoms with Crippen LogP contribution in [0, 0.1) is 6.92 Å². The van der Waals surface area contributed by atoms with Crippen molar-refractivity contribution in [2.45, 2.75) is 13.5 Å². The number of aromatic nitrogens is 1. The number of rotatable bonds is 4. The van der Waals surface area contributed by atoms with Gasteiger partial charge in [-0.15, -0.1) is 0 Å². The first kappa shape index (κ1) is 14.8. The molecule has 0 radical (unpaired) electrons. The Hall–Kier alpha value is -2.56. The fourth-order valence-electron chi connectivity index (χ4n) is 2.16. The van der Waals surface area contributed by atoms with Crippen molar-refractivity contribution < 1.29 is 9.53 Å². The summed E-state index contributed by atoms with van der Waals surface area (Å²) in [5.74, 6) is -0.392. The number of pyridine rings is 1. The number of nitrogen functional groups attached to an aromatic ring is 1. The number of carbonyl (C=O) groups is 1. The molecule has 5 nitrogen and oxygen atoms in total. The second-order valence-corrected chi connectivity index (χ2v) is 4.89. The molecule has 110 valence electrons. The van der Waals surface area contributed by atoms with Crippen LogP contribution in [0.3, 0.4) is 0 Å². The summed E-state index contributed by atoms with van der Waals surface area (Å²) in [7, 11) is 3.29. The Morgan fingerprint density at radius 3 is 2.71 bits per heavy atom. The van der Waals surface area contributed by atoms with Gasteiger partial charge in [0.2, 0.25) is 0 Å². The van der Waals surface area contributed by atoms with Crippen molar-refractivity contribution in [3.63, 3.8) is 0 Å². The van der Waals surface area contributed by atoms with Crippen molar-refractivity contribution >= 4 is 17.3 Å². The predicted molar refractivity (Wildman–Crippen MR) is 83.3 cm³/mol. The number of nitrogens with zero attached hydrogens (tertiary/aromatic N) is 2. The van der Waals surface area contributed by atoms with E-state index >= 15 is 0 Å². The van der Waals surface area contributed by atoms with Crippen molar-refractivity contribution in [3.05, 3.63) is 53.3 Å². The Labute approximate surface area is 124 Å². The normalized spacial score (nSPS) is 10.2. The summed E-state index contributed by atoms with van der Waals surface area (Å²) in [4.78, 5) is 17.9. The molecule has 0 spiro atoms. The average Bonchev–Trinajstić information content (AvgIpc) is 2.46. The van der Waals surface area contributed by atoms with Crippen molar-refractivity contribution in [1.29, 1.82) is 0 Å². The molecule has 0 aliphatic rings. The van der Waals surface area contributed by atoms with Crippen LogP contribution in [0.2, 0.25) is 0 Å². The van der Waals surface area contributed by atoms with Crippen LogP contribution in [0.4, 0.5) is 11.4 Å². The molecule has 2 aromatic rings. The van der Waals surface area contributed by atoms with Crippen LogP contribution in [0.5, 0.6) is 0 Å². The number of methoxy groups -OCH3 is 1. The number of hydrogen-bond acceptors (Lipinski definition) is 5. The highest BCUT2D eigenvalue weighted by Crippen LogP contribution is 2.24. The Morgan fingerprint density at radius 1 is 1.33 bits per heavy atom. The number of carbonyl (C=O) groups excluding carboxylic acids is 1. The molecule has 0 saturated carbocycles. The SMILES string of the molecule is COC(=O)c1ccc(N(C)Cc2cccc(C)n2)c(N)c1. The second kappa shape index (κ2) is 6.26. The number of ether oxygens (including phenoxy) is 1. The van der Waals surface area contributed by atoms with E-state index in [1.165, 1.54) is 7.11 Å². The van der Waals surface area contributed by atoms with E-state index < -0.39 is 5.97 Å². The topological polar surface area (TPSA) is 68.5 Å². The van der Waals surface area contributed by atoms with Crippen LogP contribution >= 0.6 is 0 Å². The van der Waals surface area contributed by atoms with Crippen LogP contribution in [0.15, 0.2) is 36.4 Å². The van der Waals surface area contributed by atoms with Gasteiger partial charge in [-0.3, -0.25) is 4.98 Å². The predicted octanol–water partition coefficient (Wildman–Crippen LogP) is 2.40. The summed E-state index contributed by atoms with van der Waals surface area (Å²) in [6.07, 6.45) is 0. The number of esters is 1. The molecule has 0 atom stereocenters. The van der Waals surface area contributed by atoms with Crippen LogP contribution in [-0.2, 0) is 11.3 Å². The Balaban J connectivity index is 2.19. The highest BCUT2D eigenvalue weighted by atomic mass is 16.5. The lowest BCUT2D eigenvalue weighted by atomic mass is 10.1. The minimum atomic E-state index is -0.392. The van der Waals surface area contributed by atoms with Gasteiger partial charge in [-0.25, -0.2) is 4.79 Å². The maximum Gasteiger partial charge on any atom is 0.337 e. The molecule has 0 aliphatic heterocycles. The van der Waals surface area contributed by atoms with Gasteiger partial charge in [0.05, 0.1) is 36.3 Å². The molecule has 0 aliphatic carbocycles. The number of nitrogens with two attached hydrogens (primary N) is 1. The van der Waals surface area contributed by atoms with Gasteiger partial charge in [0, 0.05) is 12.7 Å². The van der Waals surface area contributed by atoms with Crippen LogP contribution in [0.1, 0.15) is 21.7 Å². The summed E-state index contributed by atoms with van der Waals surface area (Å²) in [5, 5.41) is 0. The third-order valence-electron chi connectivity index (χ3n) is 3.21. The zero-order chi connectivity index (χ0) is 15.4. The molecule has 0 unspecified atom stereocenters. The Bertz CT molecular complexity index is 656. The van der Waals surface area contributed by atoms with Gasteiger partial charge in [-0.2, -0.15) is 0 Å². The van der Waals surface area contributed by atoms with Crippen molar-refractivity contribution in [1.82, 2.24) is 4.98 Å². The van der Waals surface area contributed by atoms with Gasteiger partial charge in [0.15, 0.2) is 0 Å². The molecule has 0 amide bonds. The van der Waals surface area contributed by atoms with E-state index in [1.807, 2.05) is 43.1 Å². The van der Waals surface area contributed by atoms with Crippen molar-refractivity contribution in [3.8, 4) is 0 Å². The third kappa shape index (κ3) is 3.51. The number of anilines is 2. The molecule has 0 fully saturated rings. The first-order valence-electron chi connectivity index (χ1n) is 6.63. The quantitative estimate of drug-likeness (QED) is 0.690. The maximum atomic E-state index is 11.5. The van der Waals surface area contributed by atoms with Crippen molar-refractivity contribution in [2.24, 2.45) is 0 Å². The average molecular weight is 285 g/mol. The molecule has 1 aromatic carbocycles. The fraction of sp³-hybridized carbons (Fsp3) is 0.250. The molecule has 2 N–H and O–H groups in total. The fourth-order valence-corrected chi connectivity index (χ4v) is 2.16. The largest absolute Gasteiger partial charge is 0.465 e. The van der Waals surface area contributed by atoms with E-state index in [9.17, 15) is 4.79 Å². The summed E-state index contributed by atoms with van der Waals surface area (Å²) in [6.45, 7) is 2.60. The molecule has 5 heteroatoms. The molecule has 1 aromatic heterocycles. The summed E-state index contributed by atoms with van der Waals surface area (Å²) in [6, 6.07) is 11.1. The van der Waals surface area contributed by atoms with E-state index in [4.69, 9.17) is 5.73 Å². The first-order valence-corrected chi connectivity index (χ1v) is 6.63. The van der Waals surface area contributed by atoms with Crippen LogP contribution in [0.25, 0.3) is 0 Å². The lowest BCUT2D eigenvalue weighted by molar-refractivity contribution is 0.0601. The van der Waals surface area contributed by atoms with E-state index in [-0.39, 0.29) is 0 Å². The smallest absolute Gasteiger partial charge is 0.337 e. The van der Waals surface area contributed by atoms with Gasteiger partial charge in [0.1, 0.15) is 0 Å². The molecule has 2 rings (SSSR count). The van der Waals surface area contributed by atoms with Gasteiger partial charge >= 0.3 is 5.97 Å². The third-order valence-corrected chi connectivity index (χ3v) is 3.21. The Morgan fingerprint density at radius 2 is 2.10 bits per heavy atom. The second-order valence-electron chi connectivity index (χ2n) is 4.89. The van der Waals surface area contributed by atoms with Gasteiger partial charge in [-0.05, 0) is 37.3 Å². The molecule has 1 heterocycles.